The van der Waals surface area contributed by atoms with Crippen LogP contribution in [0, 0.1) is 12.8 Å². The van der Waals surface area contributed by atoms with Crippen molar-refractivity contribution < 1.29 is 23.4 Å². The Labute approximate surface area is 185 Å². The molecule has 0 atom stereocenters. The summed E-state index contributed by atoms with van der Waals surface area (Å²) in [6.07, 6.45) is 3.91. The van der Waals surface area contributed by atoms with E-state index >= 15 is 0 Å². The molecule has 6 heteroatoms. The summed E-state index contributed by atoms with van der Waals surface area (Å²) in [6, 6.07) is 8.46. The van der Waals surface area contributed by atoms with Crippen molar-refractivity contribution in [3.63, 3.8) is 0 Å². The summed E-state index contributed by atoms with van der Waals surface area (Å²) in [4.78, 5) is 16.5. The highest BCUT2D eigenvalue weighted by atomic mass is 16.7. The monoisotopic (exact) mass is 429 g/mol. The maximum atomic E-state index is 11.7. The molecule has 0 N–H and O–H groups in total. The molecule has 1 aliphatic rings. The van der Waals surface area contributed by atoms with E-state index in [4.69, 9.17) is 23.6 Å². The van der Waals surface area contributed by atoms with Gasteiger partial charge in [-0.3, -0.25) is 0 Å². The second-order valence-corrected chi connectivity index (χ2v) is 9.52. The van der Waals surface area contributed by atoms with Gasteiger partial charge in [0.1, 0.15) is 5.76 Å². The molecule has 0 spiro atoms. The molecule has 0 radical (unpaired) electrons. The highest BCUT2D eigenvalue weighted by Gasteiger charge is 2.41. The van der Waals surface area contributed by atoms with E-state index in [-0.39, 0.29) is 11.3 Å². The van der Waals surface area contributed by atoms with E-state index in [9.17, 15) is 4.79 Å². The highest BCUT2D eigenvalue weighted by molar-refractivity contribution is 5.77. The predicted molar refractivity (Wildman–Crippen MR) is 119 cm³/mol. The first kappa shape index (κ1) is 23.5. The predicted octanol–water partition coefficient (Wildman–Crippen LogP) is 5.21. The third-order valence-corrected chi connectivity index (χ3v) is 5.91. The number of unbranched alkanes of at least 4 members (excludes halogenated alkanes) is 1. The summed E-state index contributed by atoms with van der Waals surface area (Å²) in [5.41, 5.74) is 3.45. The fraction of sp³-hybridized carbons (Fsp3) is 0.600. The van der Waals surface area contributed by atoms with Gasteiger partial charge in [-0.1, -0.05) is 39.3 Å². The van der Waals surface area contributed by atoms with Crippen LogP contribution >= 0.6 is 0 Å². The molecule has 31 heavy (non-hydrogen) atoms. The molecule has 1 aromatic heterocycles. The smallest absolute Gasteiger partial charge is 0.366 e. The van der Waals surface area contributed by atoms with Crippen LogP contribution in [0.2, 0.25) is 0 Å². The minimum Gasteiger partial charge on any atom is -0.465 e. The van der Waals surface area contributed by atoms with E-state index in [0.717, 1.165) is 42.7 Å². The van der Waals surface area contributed by atoms with Gasteiger partial charge in [0.05, 0.1) is 26.0 Å². The summed E-state index contributed by atoms with van der Waals surface area (Å²) < 4.78 is 21.9. The van der Waals surface area contributed by atoms with Crippen LogP contribution in [0.15, 0.2) is 28.7 Å². The Hall–Kier alpha value is -2.18. The third kappa shape index (κ3) is 5.74. The quantitative estimate of drug-likeness (QED) is 0.444. The van der Waals surface area contributed by atoms with Crippen LogP contribution in [-0.4, -0.2) is 37.1 Å². The number of methoxy groups -OCH3 is 1. The topological polar surface area (TPSA) is 70.8 Å². The number of aromatic nitrogens is 1. The van der Waals surface area contributed by atoms with Gasteiger partial charge in [-0.25, -0.2) is 9.78 Å². The Morgan fingerprint density at radius 1 is 1.16 bits per heavy atom. The maximum Gasteiger partial charge on any atom is 0.366 e. The molecule has 1 fully saturated rings. The standard InChI is InChI=1S/C25H35NO5/c1-17-21(26-22(31-17)19-11-13-20(14-12-19)24(2,3)4)10-8-7-9-18-15-29-25(5,30-16-18)23(27)28-6/h11-14,18H,7-10,15-16H2,1-6H3. The van der Waals surface area contributed by atoms with E-state index in [0.29, 0.717) is 19.1 Å². The minimum atomic E-state index is -1.27. The van der Waals surface area contributed by atoms with Gasteiger partial charge in [-0.15, -0.1) is 0 Å². The fourth-order valence-corrected chi connectivity index (χ4v) is 3.74. The number of rotatable bonds is 7. The first-order valence-corrected chi connectivity index (χ1v) is 11.1. The van der Waals surface area contributed by atoms with Gasteiger partial charge in [0.2, 0.25) is 5.89 Å². The second-order valence-electron chi connectivity index (χ2n) is 9.52. The van der Waals surface area contributed by atoms with Crippen molar-refractivity contribution in [3.8, 4) is 11.5 Å². The first-order chi connectivity index (χ1) is 14.6. The van der Waals surface area contributed by atoms with Gasteiger partial charge in [0.25, 0.3) is 5.79 Å². The highest BCUT2D eigenvalue weighted by Crippen LogP contribution is 2.28. The number of nitrogens with zero attached hydrogens (tertiary/aromatic N) is 1. The summed E-state index contributed by atoms with van der Waals surface area (Å²) in [5.74, 6) is 0.0893. The van der Waals surface area contributed by atoms with E-state index in [1.807, 2.05) is 6.92 Å². The van der Waals surface area contributed by atoms with Crippen LogP contribution in [0.5, 0.6) is 0 Å². The zero-order valence-electron chi connectivity index (χ0n) is 19.6. The van der Waals surface area contributed by atoms with Crippen molar-refractivity contribution >= 4 is 5.97 Å². The van der Waals surface area contributed by atoms with E-state index < -0.39 is 11.8 Å². The number of carbonyl (C=O) groups is 1. The molecular formula is C25H35NO5. The van der Waals surface area contributed by atoms with E-state index in [1.54, 1.807) is 6.92 Å². The number of benzene rings is 1. The van der Waals surface area contributed by atoms with Crippen LogP contribution in [-0.2, 0) is 30.8 Å². The second kappa shape index (κ2) is 9.53. The number of carbonyl (C=O) groups excluding carboxylic acids is 1. The lowest BCUT2D eigenvalue weighted by atomic mass is 9.87. The normalized spacial score (nSPS) is 21.8. The van der Waals surface area contributed by atoms with Crippen LogP contribution in [0.1, 0.15) is 64.0 Å². The zero-order chi connectivity index (χ0) is 22.6. The molecule has 3 rings (SSSR count). The van der Waals surface area contributed by atoms with Crippen molar-refractivity contribution in [2.75, 3.05) is 20.3 Å². The Balaban J connectivity index is 1.47. The molecule has 6 nitrogen and oxygen atoms in total. The SMILES string of the molecule is COC(=O)C1(C)OCC(CCCCc2nc(-c3ccc(C(C)(C)C)cc3)oc2C)CO1. The van der Waals surface area contributed by atoms with E-state index in [2.05, 4.69) is 45.0 Å². The molecule has 2 heterocycles. The molecule has 0 saturated carbocycles. The average Bonchev–Trinajstić information content (AvgIpc) is 3.12. The molecule has 1 aliphatic heterocycles. The summed E-state index contributed by atoms with van der Waals surface area (Å²) in [6.45, 7) is 11.2. The Morgan fingerprint density at radius 2 is 1.81 bits per heavy atom. The van der Waals surface area contributed by atoms with Crippen molar-refractivity contribution in [2.45, 2.75) is 71.5 Å². The average molecular weight is 430 g/mol. The first-order valence-electron chi connectivity index (χ1n) is 11.1. The van der Waals surface area contributed by atoms with Crippen LogP contribution in [0.25, 0.3) is 11.5 Å². The largest absolute Gasteiger partial charge is 0.465 e. The number of hydrogen-bond donors (Lipinski definition) is 0. The van der Waals surface area contributed by atoms with E-state index in [1.165, 1.54) is 12.7 Å². The van der Waals surface area contributed by atoms with Crippen molar-refractivity contribution in [2.24, 2.45) is 5.92 Å². The van der Waals surface area contributed by atoms with Gasteiger partial charge in [0, 0.05) is 18.4 Å². The number of oxazole rings is 1. The molecule has 2 aromatic rings. The molecule has 1 saturated heterocycles. The molecule has 0 amide bonds. The van der Waals surface area contributed by atoms with Crippen LogP contribution < -0.4 is 0 Å². The Bertz CT molecular complexity index is 870. The van der Waals surface area contributed by atoms with Gasteiger partial charge in [-0.2, -0.15) is 0 Å². The Morgan fingerprint density at radius 3 is 2.39 bits per heavy atom. The zero-order valence-corrected chi connectivity index (χ0v) is 19.6. The number of hydrogen-bond acceptors (Lipinski definition) is 6. The molecular weight excluding hydrogens is 394 g/mol. The molecule has 0 bridgehead atoms. The maximum absolute atomic E-state index is 11.7. The van der Waals surface area contributed by atoms with Crippen molar-refractivity contribution in [3.05, 3.63) is 41.3 Å². The van der Waals surface area contributed by atoms with Crippen molar-refractivity contribution in [1.29, 1.82) is 0 Å². The lowest BCUT2D eigenvalue weighted by molar-refractivity contribution is -0.272. The number of aryl methyl sites for hydroxylation is 2. The van der Waals surface area contributed by atoms with Gasteiger partial charge >= 0.3 is 5.97 Å². The molecule has 170 valence electrons. The lowest BCUT2D eigenvalue weighted by Crippen LogP contribution is -2.48. The minimum absolute atomic E-state index is 0.128. The van der Waals surface area contributed by atoms with Gasteiger partial charge in [-0.05, 0) is 49.3 Å². The molecule has 0 aliphatic carbocycles. The van der Waals surface area contributed by atoms with Crippen LogP contribution in [0.3, 0.4) is 0 Å². The van der Waals surface area contributed by atoms with Gasteiger partial charge < -0.3 is 18.6 Å². The molecule has 0 unspecified atom stereocenters. The van der Waals surface area contributed by atoms with Gasteiger partial charge in [0.15, 0.2) is 0 Å². The third-order valence-electron chi connectivity index (χ3n) is 5.91. The summed E-state index contributed by atoms with van der Waals surface area (Å²) >= 11 is 0. The van der Waals surface area contributed by atoms with Crippen LogP contribution in [0.4, 0.5) is 0 Å². The Kier molecular flexibility index (Phi) is 7.22. The fourth-order valence-electron chi connectivity index (χ4n) is 3.74. The molecule has 1 aromatic carbocycles. The summed E-state index contributed by atoms with van der Waals surface area (Å²) in [7, 11) is 1.34. The lowest BCUT2D eigenvalue weighted by Gasteiger charge is -2.35. The number of esters is 1. The summed E-state index contributed by atoms with van der Waals surface area (Å²) in [5, 5.41) is 0. The number of ether oxygens (including phenoxy) is 3. The van der Waals surface area contributed by atoms with Crippen molar-refractivity contribution in [1.82, 2.24) is 4.98 Å².